The van der Waals surface area contributed by atoms with Gasteiger partial charge >= 0.3 is 0 Å². The quantitative estimate of drug-likeness (QED) is 0.868. The summed E-state index contributed by atoms with van der Waals surface area (Å²) in [5.74, 6) is 0.116. The number of benzene rings is 1. The molecule has 1 saturated heterocycles. The number of amides is 1. The van der Waals surface area contributed by atoms with Gasteiger partial charge in [0.2, 0.25) is 0 Å². The second-order valence-electron chi connectivity index (χ2n) is 6.05. The monoisotopic (exact) mass is 348 g/mol. The van der Waals surface area contributed by atoms with Gasteiger partial charge in [-0.15, -0.1) is 11.3 Å². The number of thiophene rings is 1. The van der Waals surface area contributed by atoms with Gasteiger partial charge in [-0.3, -0.25) is 9.69 Å². The zero-order valence-electron chi connectivity index (χ0n) is 14.0. The molecule has 2 aromatic rings. The van der Waals surface area contributed by atoms with Crippen LogP contribution in [0.4, 0.5) is 0 Å². The average Bonchev–Trinajstić information content (AvgIpc) is 3.04. The number of fused-ring (bicyclic) bond motifs is 1. The largest absolute Gasteiger partial charge is 0.389 e. The molecule has 1 amide bonds. The first-order chi connectivity index (χ1) is 11.7. The van der Waals surface area contributed by atoms with Crippen molar-refractivity contribution in [2.45, 2.75) is 13.0 Å². The lowest BCUT2D eigenvalue weighted by Crippen LogP contribution is -2.50. The molecule has 0 aliphatic carbocycles. The topological polar surface area (TPSA) is 53.0 Å². The van der Waals surface area contributed by atoms with Crippen molar-refractivity contribution in [2.75, 3.05) is 45.9 Å². The molecule has 1 aliphatic heterocycles. The second-order valence-corrected chi connectivity index (χ2v) is 7.14. The Hall–Kier alpha value is -1.47. The zero-order valence-corrected chi connectivity index (χ0v) is 14.8. The van der Waals surface area contributed by atoms with Crippen LogP contribution < -0.4 is 0 Å². The summed E-state index contributed by atoms with van der Waals surface area (Å²) < 4.78 is 6.39. The number of β-amino-alcohol motifs (C(OH)–C–C–N with tert-alkyl or cyclic N) is 1. The highest BCUT2D eigenvalue weighted by molar-refractivity contribution is 7.20. The molecular formula is C18H24N2O3S. The molecule has 1 fully saturated rings. The van der Waals surface area contributed by atoms with Crippen LogP contribution in [0.25, 0.3) is 10.1 Å². The van der Waals surface area contributed by atoms with Crippen LogP contribution in [-0.2, 0) is 4.74 Å². The number of rotatable bonds is 6. The van der Waals surface area contributed by atoms with Crippen LogP contribution >= 0.6 is 11.3 Å². The SMILES string of the molecule is CCOC[C@H](O)CN1CCN(C(=O)c2cc3ccccc3s2)CC1. The summed E-state index contributed by atoms with van der Waals surface area (Å²) in [6, 6.07) is 10.1. The molecule has 1 atom stereocenters. The molecule has 0 bridgehead atoms. The lowest BCUT2D eigenvalue weighted by atomic mass is 10.2. The number of hydrogen-bond acceptors (Lipinski definition) is 5. The van der Waals surface area contributed by atoms with E-state index in [0.29, 0.717) is 32.8 Å². The third kappa shape index (κ3) is 4.13. The number of carbonyl (C=O) groups is 1. The van der Waals surface area contributed by atoms with Crippen LogP contribution in [0.15, 0.2) is 30.3 Å². The third-order valence-electron chi connectivity index (χ3n) is 4.28. The van der Waals surface area contributed by atoms with Crippen LogP contribution in [-0.4, -0.2) is 72.9 Å². The Labute approximate surface area is 146 Å². The third-order valence-corrected chi connectivity index (χ3v) is 5.38. The summed E-state index contributed by atoms with van der Waals surface area (Å²) in [7, 11) is 0. The first kappa shape index (κ1) is 17.4. The summed E-state index contributed by atoms with van der Waals surface area (Å²) in [5.41, 5.74) is 0. The molecule has 0 radical (unpaired) electrons. The summed E-state index contributed by atoms with van der Waals surface area (Å²) >= 11 is 1.56. The summed E-state index contributed by atoms with van der Waals surface area (Å²) in [5, 5.41) is 11.0. The van der Waals surface area contributed by atoms with E-state index in [-0.39, 0.29) is 5.91 Å². The second kappa shape index (κ2) is 8.07. The maximum absolute atomic E-state index is 12.7. The van der Waals surface area contributed by atoms with E-state index in [4.69, 9.17) is 4.74 Å². The highest BCUT2D eigenvalue weighted by Gasteiger charge is 2.24. The molecule has 1 aromatic heterocycles. The number of aliphatic hydroxyl groups excluding tert-OH is 1. The molecule has 130 valence electrons. The lowest BCUT2D eigenvalue weighted by molar-refractivity contribution is 0.0112. The standard InChI is InChI=1S/C18H24N2O3S/c1-2-23-13-15(21)12-19-7-9-20(10-8-19)18(22)17-11-14-5-3-4-6-16(14)24-17/h3-6,11,15,21H,2,7-10,12-13H2,1H3/t15-/m1/s1. The minimum atomic E-state index is -0.463. The van der Waals surface area contributed by atoms with Gasteiger partial charge in [0, 0.05) is 44.0 Å². The Morgan fingerprint density at radius 2 is 2.04 bits per heavy atom. The van der Waals surface area contributed by atoms with Gasteiger partial charge in [-0.25, -0.2) is 0 Å². The minimum absolute atomic E-state index is 0.116. The van der Waals surface area contributed by atoms with E-state index in [1.54, 1.807) is 11.3 Å². The summed E-state index contributed by atoms with van der Waals surface area (Å²) in [6.45, 7) is 6.50. The number of piperazine rings is 1. The van der Waals surface area contributed by atoms with E-state index < -0.39 is 6.10 Å². The number of ether oxygens (including phenoxy) is 1. The van der Waals surface area contributed by atoms with Gasteiger partial charge < -0.3 is 14.7 Å². The van der Waals surface area contributed by atoms with E-state index in [0.717, 1.165) is 28.1 Å². The Balaban J connectivity index is 1.53. The molecule has 5 nitrogen and oxygen atoms in total. The van der Waals surface area contributed by atoms with Crippen LogP contribution in [0, 0.1) is 0 Å². The van der Waals surface area contributed by atoms with Crippen LogP contribution in [0.2, 0.25) is 0 Å². The van der Waals surface area contributed by atoms with Crippen LogP contribution in [0.3, 0.4) is 0 Å². The Kier molecular flexibility index (Phi) is 5.84. The average molecular weight is 348 g/mol. The Morgan fingerprint density at radius 1 is 1.29 bits per heavy atom. The fourth-order valence-electron chi connectivity index (χ4n) is 2.98. The van der Waals surface area contributed by atoms with Gasteiger partial charge in [-0.05, 0) is 24.4 Å². The molecule has 6 heteroatoms. The van der Waals surface area contributed by atoms with Gasteiger partial charge in [0.05, 0.1) is 17.6 Å². The van der Waals surface area contributed by atoms with Crippen molar-refractivity contribution < 1.29 is 14.6 Å². The maximum Gasteiger partial charge on any atom is 0.264 e. The van der Waals surface area contributed by atoms with Crippen molar-refractivity contribution in [2.24, 2.45) is 0 Å². The molecule has 0 unspecified atom stereocenters. The molecule has 1 N–H and O–H groups in total. The van der Waals surface area contributed by atoms with Gasteiger partial charge in [0.15, 0.2) is 0 Å². The molecule has 0 saturated carbocycles. The normalized spacial score (nSPS) is 17.3. The van der Waals surface area contributed by atoms with Crippen molar-refractivity contribution >= 4 is 27.3 Å². The number of aliphatic hydroxyl groups is 1. The van der Waals surface area contributed by atoms with E-state index in [1.807, 2.05) is 36.1 Å². The van der Waals surface area contributed by atoms with Gasteiger partial charge in [0.25, 0.3) is 5.91 Å². The predicted octanol–water partition coefficient (Wildman–Crippen LogP) is 2.06. The van der Waals surface area contributed by atoms with E-state index in [1.165, 1.54) is 0 Å². The van der Waals surface area contributed by atoms with E-state index in [9.17, 15) is 9.90 Å². The highest BCUT2D eigenvalue weighted by Crippen LogP contribution is 2.26. The van der Waals surface area contributed by atoms with Crippen molar-refractivity contribution in [1.82, 2.24) is 9.80 Å². The Morgan fingerprint density at radius 3 is 2.75 bits per heavy atom. The zero-order chi connectivity index (χ0) is 16.9. The van der Waals surface area contributed by atoms with Crippen molar-refractivity contribution in [3.05, 3.63) is 35.2 Å². The fourth-order valence-corrected chi connectivity index (χ4v) is 4.01. The number of nitrogens with zero attached hydrogens (tertiary/aromatic N) is 2. The molecule has 24 heavy (non-hydrogen) atoms. The minimum Gasteiger partial charge on any atom is -0.389 e. The van der Waals surface area contributed by atoms with Gasteiger partial charge in [-0.1, -0.05) is 18.2 Å². The fraction of sp³-hybridized carbons (Fsp3) is 0.500. The van der Waals surface area contributed by atoms with Gasteiger partial charge in [-0.2, -0.15) is 0 Å². The van der Waals surface area contributed by atoms with Gasteiger partial charge in [0.1, 0.15) is 0 Å². The highest BCUT2D eigenvalue weighted by atomic mass is 32.1. The molecular weight excluding hydrogens is 324 g/mol. The smallest absolute Gasteiger partial charge is 0.264 e. The van der Waals surface area contributed by atoms with Crippen LogP contribution in [0.5, 0.6) is 0 Å². The Bertz CT molecular complexity index is 647. The summed E-state index contributed by atoms with van der Waals surface area (Å²) in [4.78, 5) is 17.6. The maximum atomic E-state index is 12.7. The molecule has 3 rings (SSSR count). The van der Waals surface area contributed by atoms with E-state index in [2.05, 4.69) is 11.0 Å². The first-order valence-electron chi connectivity index (χ1n) is 8.43. The summed E-state index contributed by atoms with van der Waals surface area (Å²) in [6.07, 6.45) is -0.463. The molecule has 1 aliphatic rings. The van der Waals surface area contributed by atoms with Crippen molar-refractivity contribution in [3.8, 4) is 0 Å². The molecule has 0 spiro atoms. The lowest BCUT2D eigenvalue weighted by Gasteiger charge is -2.35. The number of hydrogen-bond donors (Lipinski definition) is 1. The van der Waals surface area contributed by atoms with Crippen molar-refractivity contribution in [1.29, 1.82) is 0 Å². The molecule has 1 aromatic carbocycles. The molecule has 2 heterocycles. The number of carbonyl (C=O) groups excluding carboxylic acids is 1. The van der Waals surface area contributed by atoms with Crippen LogP contribution in [0.1, 0.15) is 16.6 Å². The van der Waals surface area contributed by atoms with E-state index >= 15 is 0 Å². The van der Waals surface area contributed by atoms with Crippen molar-refractivity contribution in [3.63, 3.8) is 0 Å². The first-order valence-corrected chi connectivity index (χ1v) is 9.25. The predicted molar refractivity (Wildman–Crippen MR) is 96.7 cm³/mol.